The summed E-state index contributed by atoms with van der Waals surface area (Å²) in [5, 5.41) is 26.9. The number of rotatable bonds is 1. The molecule has 0 spiro atoms. The Labute approximate surface area is 252 Å². The Morgan fingerprint density at radius 2 is 1.17 bits per heavy atom. The molecule has 5 aromatic carbocycles. The molecule has 4 heteroatoms. The summed E-state index contributed by atoms with van der Waals surface area (Å²) < 4.78 is 0. The Morgan fingerprint density at radius 3 is 1.79 bits per heavy atom. The molecule has 0 saturated carbocycles. The second-order valence-electron chi connectivity index (χ2n) is 10.7. The lowest BCUT2D eigenvalue weighted by Gasteiger charge is -2.11. The van der Waals surface area contributed by atoms with E-state index in [0.717, 1.165) is 66.2 Å². The topological polar surface area (TPSA) is 69.6 Å². The first kappa shape index (κ1) is 33.9. The Bertz CT molecular complexity index is 1700. The third-order valence-electron chi connectivity index (χ3n) is 7.30. The fourth-order valence-electron chi connectivity index (χ4n) is 4.78. The largest absolute Gasteiger partial charge is 0.507 e. The Morgan fingerprint density at radius 1 is 0.595 bits per heavy atom. The average molecular weight is 566 g/mol. The van der Waals surface area contributed by atoms with E-state index in [1.807, 2.05) is 105 Å². The maximum Gasteiger partial charge on any atom is 0.221 e. The first-order chi connectivity index (χ1) is 19.8. The van der Waals surface area contributed by atoms with Gasteiger partial charge in [0.1, 0.15) is 11.5 Å². The van der Waals surface area contributed by atoms with Gasteiger partial charge >= 0.3 is 0 Å². The molecule has 0 bridgehead atoms. The van der Waals surface area contributed by atoms with Gasteiger partial charge in [-0.25, -0.2) is 0 Å². The molecule has 222 valence electrons. The molecule has 0 atom stereocenters. The van der Waals surface area contributed by atoms with Crippen molar-refractivity contribution in [2.75, 3.05) is 5.32 Å². The van der Waals surface area contributed by atoms with E-state index in [2.05, 4.69) is 36.5 Å². The number of carbonyl (C=O) groups excluding carboxylic acids is 1. The van der Waals surface area contributed by atoms with Crippen molar-refractivity contribution >= 4 is 33.1 Å². The summed E-state index contributed by atoms with van der Waals surface area (Å²) in [5.41, 5.74) is 9.77. The van der Waals surface area contributed by atoms with Crippen LogP contribution in [0.15, 0.2) is 66.7 Å². The molecule has 0 aromatic heterocycles. The molecule has 0 aliphatic rings. The first-order valence-corrected chi connectivity index (χ1v) is 14.5. The fraction of sp³-hybridized carbons (Fsp3) is 0.289. The van der Waals surface area contributed by atoms with E-state index in [9.17, 15) is 15.0 Å². The highest BCUT2D eigenvalue weighted by Gasteiger charge is 2.09. The quantitative estimate of drug-likeness (QED) is 0.189. The standard InChI is InChI=1S/C14H16O.C12H12O.C10H13NO.C2H6/c1-8-5-10(3)13-12(6-8)7-9(2)11(4)14(13)15;1-8-7-10-5-3-4-6-11(10)12(13)9(8)2;1-7-4-5-8(2)10(6-7)11-9(3)12;1-2/h5-7,15H,1-4H3;3-7,13H,1-2H3;4-6H,1-3H3,(H,11,12);1-2H3. The highest BCUT2D eigenvalue weighted by molar-refractivity contribution is 5.93. The number of hydrogen-bond donors (Lipinski definition) is 3. The van der Waals surface area contributed by atoms with E-state index in [1.165, 1.54) is 12.5 Å². The monoisotopic (exact) mass is 565 g/mol. The van der Waals surface area contributed by atoms with Crippen LogP contribution in [0.3, 0.4) is 0 Å². The summed E-state index contributed by atoms with van der Waals surface area (Å²) in [5.74, 6) is 0.821. The van der Waals surface area contributed by atoms with Crippen LogP contribution in [0.4, 0.5) is 5.69 Å². The summed E-state index contributed by atoms with van der Waals surface area (Å²) in [4.78, 5) is 10.8. The predicted molar refractivity (Wildman–Crippen MR) is 181 cm³/mol. The van der Waals surface area contributed by atoms with Crippen LogP contribution in [0.2, 0.25) is 0 Å². The average Bonchev–Trinajstić information content (AvgIpc) is 2.94. The number of benzene rings is 5. The number of carbonyl (C=O) groups is 1. The van der Waals surface area contributed by atoms with Gasteiger partial charge in [0.2, 0.25) is 5.91 Å². The van der Waals surface area contributed by atoms with Gasteiger partial charge < -0.3 is 15.5 Å². The zero-order chi connectivity index (χ0) is 31.7. The van der Waals surface area contributed by atoms with Crippen LogP contribution in [0.5, 0.6) is 11.5 Å². The fourth-order valence-corrected chi connectivity index (χ4v) is 4.78. The van der Waals surface area contributed by atoms with E-state index >= 15 is 0 Å². The first-order valence-electron chi connectivity index (χ1n) is 14.5. The number of hydrogen-bond acceptors (Lipinski definition) is 3. The van der Waals surface area contributed by atoms with Gasteiger partial charge in [0.25, 0.3) is 0 Å². The van der Waals surface area contributed by atoms with Crippen molar-refractivity contribution in [3.8, 4) is 11.5 Å². The van der Waals surface area contributed by atoms with E-state index in [4.69, 9.17) is 0 Å². The molecule has 0 radical (unpaired) electrons. The minimum absolute atomic E-state index is 0.0244. The van der Waals surface area contributed by atoms with Crippen molar-refractivity contribution in [1.82, 2.24) is 0 Å². The van der Waals surface area contributed by atoms with E-state index in [1.54, 1.807) is 0 Å². The van der Waals surface area contributed by atoms with E-state index in [0.29, 0.717) is 11.5 Å². The maximum atomic E-state index is 10.8. The number of amides is 1. The predicted octanol–water partition coefficient (Wildman–Crippen LogP) is 10.2. The van der Waals surface area contributed by atoms with Crippen LogP contribution in [-0.4, -0.2) is 16.1 Å². The van der Waals surface area contributed by atoms with Gasteiger partial charge in [-0.3, -0.25) is 4.79 Å². The summed E-state index contributed by atoms with van der Waals surface area (Å²) in [6.45, 7) is 21.6. The number of phenolic OH excluding ortho intramolecular Hbond substituents is 2. The van der Waals surface area contributed by atoms with Crippen molar-refractivity contribution < 1.29 is 15.0 Å². The van der Waals surface area contributed by atoms with Crippen molar-refractivity contribution in [2.24, 2.45) is 0 Å². The van der Waals surface area contributed by atoms with Gasteiger partial charge in [-0.05, 0) is 111 Å². The third kappa shape index (κ3) is 8.36. The second-order valence-corrected chi connectivity index (χ2v) is 10.7. The molecule has 0 aliphatic heterocycles. The van der Waals surface area contributed by atoms with E-state index < -0.39 is 0 Å². The molecular formula is C38H47NO3. The summed E-state index contributed by atoms with van der Waals surface area (Å²) in [7, 11) is 0. The van der Waals surface area contributed by atoms with E-state index in [-0.39, 0.29) is 5.91 Å². The van der Waals surface area contributed by atoms with Crippen LogP contribution < -0.4 is 5.32 Å². The normalized spacial score (nSPS) is 10.1. The molecule has 4 nitrogen and oxygen atoms in total. The molecule has 3 N–H and O–H groups in total. The molecule has 42 heavy (non-hydrogen) atoms. The maximum absolute atomic E-state index is 10.8. The zero-order valence-corrected chi connectivity index (χ0v) is 27.2. The van der Waals surface area contributed by atoms with Gasteiger partial charge in [0, 0.05) is 23.4 Å². The SMILES string of the molecule is CC.CC(=O)Nc1cc(C)ccc1C.Cc1cc(C)c2c(O)c(C)c(C)cc2c1.Cc1cc2ccccc2c(O)c1C. The third-order valence-corrected chi connectivity index (χ3v) is 7.30. The zero-order valence-electron chi connectivity index (χ0n) is 27.2. The molecule has 0 unspecified atom stereocenters. The molecule has 1 amide bonds. The second kappa shape index (κ2) is 15.1. The molecule has 0 saturated heterocycles. The summed E-state index contributed by atoms with van der Waals surface area (Å²) in [6.07, 6.45) is 0. The number of anilines is 1. The summed E-state index contributed by atoms with van der Waals surface area (Å²) >= 11 is 0. The highest BCUT2D eigenvalue weighted by Crippen LogP contribution is 2.34. The number of fused-ring (bicyclic) bond motifs is 2. The molecule has 5 aromatic rings. The van der Waals surface area contributed by atoms with Crippen molar-refractivity contribution in [1.29, 1.82) is 0 Å². The van der Waals surface area contributed by atoms with Crippen molar-refractivity contribution in [3.63, 3.8) is 0 Å². The molecule has 5 rings (SSSR count). The summed E-state index contributed by atoms with van der Waals surface area (Å²) in [6, 6.07) is 22.4. The van der Waals surface area contributed by atoms with Crippen LogP contribution >= 0.6 is 0 Å². The molecule has 0 heterocycles. The van der Waals surface area contributed by atoms with Crippen LogP contribution in [-0.2, 0) is 4.79 Å². The minimum Gasteiger partial charge on any atom is -0.507 e. The number of nitrogens with one attached hydrogen (secondary N) is 1. The van der Waals surface area contributed by atoms with Crippen molar-refractivity contribution in [2.45, 2.75) is 76.2 Å². The lowest BCUT2D eigenvalue weighted by molar-refractivity contribution is -0.114. The van der Waals surface area contributed by atoms with Gasteiger partial charge in [-0.1, -0.05) is 80.1 Å². The van der Waals surface area contributed by atoms with Crippen molar-refractivity contribution in [3.05, 3.63) is 111 Å². The molecule has 0 aliphatic carbocycles. The lowest BCUT2D eigenvalue weighted by atomic mass is 9.96. The van der Waals surface area contributed by atoms with Gasteiger partial charge in [-0.15, -0.1) is 0 Å². The Kier molecular flexibility index (Phi) is 12.2. The van der Waals surface area contributed by atoms with Crippen LogP contribution in [0.1, 0.15) is 65.3 Å². The lowest BCUT2D eigenvalue weighted by Crippen LogP contribution is -2.07. The highest BCUT2D eigenvalue weighted by atomic mass is 16.3. The Balaban J connectivity index is 0.000000215. The number of aryl methyl sites for hydroxylation is 6. The number of phenols is 2. The van der Waals surface area contributed by atoms with Crippen LogP contribution in [0, 0.1) is 55.4 Å². The molecule has 0 fully saturated rings. The van der Waals surface area contributed by atoms with Gasteiger partial charge in [0.15, 0.2) is 0 Å². The minimum atomic E-state index is -0.0244. The Hall–Kier alpha value is -4.31. The molecular weight excluding hydrogens is 518 g/mol. The number of aromatic hydroxyl groups is 2. The smallest absolute Gasteiger partial charge is 0.221 e. The van der Waals surface area contributed by atoms with Gasteiger partial charge in [-0.2, -0.15) is 0 Å². The van der Waals surface area contributed by atoms with Crippen LogP contribution in [0.25, 0.3) is 21.5 Å². The van der Waals surface area contributed by atoms with Gasteiger partial charge in [0.05, 0.1) is 0 Å².